The molecule has 1 atom stereocenters. The standard InChI is InChI=1S/C17H21F3N4O2.HI/c1-11(14-8-12-6-4-5-7-13(12)26-14)23-16(21-2)22-9-15(25)24(3)10-17(18,19)20;/h4-8,11H,9-10H2,1-3H3,(H2,21,22,23);1H. The highest BCUT2D eigenvalue weighted by Gasteiger charge is 2.31. The van der Waals surface area contributed by atoms with E-state index in [9.17, 15) is 18.0 Å². The SMILES string of the molecule is CN=C(NCC(=O)N(C)CC(F)(F)F)NC(C)c1cc2ccccc2o1.I. The van der Waals surface area contributed by atoms with Crippen LogP contribution < -0.4 is 10.6 Å². The third-order valence-electron chi connectivity index (χ3n) is 3.70. The third kappa shape index (κ3) is 6.92. The van der Waals surface area contributed by atoms with E-state index in [0.29, 0.717) is 10.7 Å². The number of hydrogen-bond acceptors (Lipinski definition) is 3. The molecule has 0 aliphatic rings. The quantitative estimate of drug-likeness (QED) is 0.377. The number of alkyl halides is 3. The fraction of sp³-hybridized carbons (Fsp3) is 0.412. The lowest BCUT2D eigenvalue weighted by atomic mass is 10.2. The lowest BCUT2D eigenvalue weighted by Gasteiger charge is -2.20. The minimum atomic E-state index is -4.43. The van der Waals surface area contributed by atoms with Crippen LogP contribution in [0.1, 0.15) is 18.7 Å². The van der Waals surface area contributed by atoms with Gasteiger partial charge in [0.1, 0.15) is 17.9 Å². The number of carbonyl (C=O) groups excluding carboxylic acids is 1. The Labute approximate surface area is 172 Å². The molecule has 2 aromatic rings. The van der Waals surface area contributed by atoms with Gasteiger partial charge in [0, 0.05) is 19.5 Å². The maximum atomic E-state index is 12.3. The fourth-order valence-corrected chi connectivity index (χ4v) is 2.34. The van der Waals surface area contributed by atoms with Crippen LogP contribution in [0.4, 0.5) is 13.2 Å². The van der Waals surface area contributed by atoms with Gasteiger partial charge < -0.3 is 20.0 Å². The topological polar surface area (TPSA) is 69.9 Å². The molecule has 0 aliphatic carbocycles. The van der Waals surface area contributed by atoms with E-state index in [1.165, 1.54) is 7.05 Å². The van der Waals surface area contributed by atoms with Crippen LogP contribution in [0.25, 0.3) is 11.0 Å². The van der Waals surface area contributed by atoms with E-state index in [4.69, 9.17) is 4.42 Å². The van der Waals surface area contributed by atoms with Crippen molar-refractivity contribution >= 4 is 46.8 Å². The lowest BCUT2D eigenvalue weighted by molar-refractivity contribution is -0.157. The van der Waals surface area contributed by atoms with Gasteiger partial charge in [-0.3, -0.25) is 9.79 Å². The van der Waals surface area contributed by atoms with Crippen LogP contribution in [0.3, 0.4) is 0 Å². The first-order chi connectivity index (χ1) is 12.2. The molecule has 0 aliphatic heterocycles. The number of guanidine groups is 1. The van der Waals surface area contributed by atoms with E-state index in [1.54, 1.807) is 0 Å². The number of nitrogens with zero attached hydrogens (tertiary/aromatic N) is 2. The maximum absolute atomic E-state index is 12.3. The average Bonchev–Trinajstić information content (AvgIpc) is 3.00. The van der Waals surface area contributed by atoms with Gasteiger partial charge in [-0.05, 0) is 19.1 Å². The largest absolute Gasteiger partial charge is 0.459 e. The molecule has 27 heavy (non-hydrogen) atoms. The molecular weight excluding hydrogens is 476 g/mol. The summed E-state index contributed by atoms with van der Waals surface area (Å²) in [6, 6.07) is 9.20. The fourth-order valence-electron chi connectivity index (χ4n) is 2.34. The Morgan fingerprint density at radius 3 is 2.59 bits per heavy atom. The minimum Gasteiger partial charge on any atom is -0.459 e. The number of aliphatic imine (C=N–C) groups is 1. The zero-order valence-electron chi connectivity index (χ0n) is 15.1. The second kappa shape index (κ2) is 9.81. The first-order valence-corrected chi connectivity index (χ1v) is 7.96. The molecule has 0 bridgehead atoms. The van der Waals surface area contributed by atoms with Crippen molar-refractivity contribution in [1.29, 1.82) is 0 Å². The number of rotatable bonds is 5. The van der Waals surface area contributed by atoms with Crippen molar-refractivity contribution in [3.05, 3.63) is 36.1 Å². The van der Waals surface area contributed by atoms with Crippen LogP contribution in [0, 0.1) is 0 Å². The van der Waals surface area contributed by atoms with Crippen LogP contribution in [0.15, 0.2) is 39.7 Å². The van der Waals surface area contributed by atoms with Gasteiger partial charge in [-0.1, -0.05) is 18.2 Å². The number of carbonyl (C=O) groups is 1. The summed E-state index contributed by atoms with van der Waals surface area (Å²) in [5.41, 5.74) is 0.753. The summed E-state index contributed by atoms with van der Waals surface area (Å²) in [7, 11) is 2.61. The highest BCUT2D eigenvalue weighted by Crippen LogP contribution is 2.23. The van der Waals surface area contributed by atoms with Gasteiger partial charge >= 0.3 is 6.18 Å². The number of furan rings is 1. The number of nitrogens with one attached hydrogen (secondary N) is 2. The second-order valence-electron chi connectivity index (χ2n) is 5.84. The van der Waals surface area contributed by atoms with Gasteiger partial charge in [-0.2, -0.15) is 13.2 Å². The van der Waals surface area contributed by atoms with Crippen LogP contribution in [0.5, 0.6) is 0 Å². The van der Waals surface area contributed by atoms with Crippen LogP contribution >= 0.6 is 24.0 Å². The molecule has 0 spiro atoms. The third-order valence-corrected chi connectivity index (χ3v) is 3.70. The summed E-state index contributed by atoms with van der Waals surface area (Å²) >= 11 is 0. The van der Waals surface area contributed by atoms with E-state index in [-0.39, 0.29) is 42.5 Å². The summed E-state index contributed by atoms with van der Waals surface area (Å²) in [5, 5.41) is 6.71. The molecule has 1 unspecified atom stereocenters. The normalized spacial score (nSPS) is 13.0. The number of halogens is 4. The maximum Gasteiger partial charge on any atom is 0.406 e. The predicted octanol–water partition coefficient (Wildman–Crippen LogP) is 3.30. The summed E-state index contributed by atoms with van der Waals surface area (Å²) in [5.74, 6) is 0.267. The Kier molecular flexibility index (Phi) is 8.38. The second-order valence-corrected chi connectivity index (χ2v) is 5.84. The van der Waals surface area contributed by atoms with Crippen molar-refractivity contribution in [3.8, 4) is 0 Å². The van der Waals surface area contributed by atoms with Gasteiger partial charge in [0.05, 0.1) is 12.6 Å². The van der Waals surface area contributed by atoms with Crippen molar-refractivity contribution in [2.24, 2.45) is 4.99 Å². The number of benzene rings is 1. The Bertz CT molecular complexity index is 759. The lowest BCUT2D eigenvalue weighted by Crippen LogP contribution is -2.46. The Morgan fingerprint density at radius 1 is 1.33 bits per heavy atom. The molecule has 2 rings (SSSR count). The zero-order valence-corrected chi connectivity index (χ0v) is 17.5. The molecule has 1 aromatic carbocycles. The molecule has 1 heterocycles. The molecule has 2 N–H and O–H groups in total. The Balaban J connectivity index is 0.00000364. The van der Waals surface area contributed by atoms with Gasteiger partial charge in [0.2, 0.25) is 5.91 Å². The summed E-state index contributed by atoms with van der Waals surface area (Å²) in [6.07, 6.45) is -4.43. The van der Waals surface area contributed by atoms with Gasteiger partial charge in [0.25, 0.3) is 0 Å². The predicted molar refractivity (Wildman–Crippen MR) is 108 cm³/mol. The van der Waals surface area contributed by atoms with E-state index in [2.05, 4.69) is 15.6 Å². The Morgan fingerprint density at radius 2 is 2.00 bits per heavy atom. The van der Waals surface area contributed by atoms with Crippen LogP contribution in [0.2, 0.25) is 0 Å². The highest BCUT2D eigenvalue weighted by atomic mass is 127. The molecule has 0 fully saturated rings. The van der Waals surface area contributed by atoms with E-state index >= 15 is 0 Å². The number of fused-ring (bicyclic) bond motifs is 1. The molecule has 1 amide bonds. The highest BCUT2D eigenvalue weighted by molar-refractivity contribution is 14.0. The minimum absolute atomic E-state index is 0. The van der Waals surface area contributed by atoms with E-state index < -0.39 is 18.6 Å². The average molecular weight is 498 g/mol. The van der Waals surface area contributed by atoms with Gasteiger partial charge in [0.15, 0.2) is 5.96 Å². The first-order valence-electron chi connectivity index (χ1n) is 7.96. The molecular formula is C17H22F3IN4O2. The van der Waals surface area contributed by atoms with Crippen molar-refractivity contribution < 1.29 is 22.4 Å². The number of amides is 1. The van der Waals surface area contributed by atoms with Crippen molar-refractivity contribution in [2.45, 2.75) is 19.1 Å². The van der Waals surface area contributed by atoms with Crippen molar-refractivity contribution in [2.75, 3.05) is 27.2 Å². The zero-order chi connectivity index (χ0) is 19.3. The summed E-state index contributed by atoms with van der Waals surface area (Å²) in [6.45, 7) is 0.246. The van der Waals surface area contributed by atoms with Gasteiger partial charge in [-0.15, -0.1) is 24.0 Å². The molecule has 1 aromatic heterocycles. The molecule has 150 valence electrons. The summed E-state index contributed by atoms with van der Waals surface area (Å²) < 4.78 is 42.7. The molecule has 10 heteroatoms. The number of likely N-dealkylation sites (N-methyl/N-ethyl adjacent to an activating group) is 1. The van der Waals surface area contributed by atoms with E-state index in [1.807, 2.05) is 37.3 Å². The smallest absolute Gasteiger partial charge is 0.406 e. The molecule has 0 saturated carbocycles. The molecule has 0 saturated heterocycles. The molecule has 6 nitrogen and oxygen atoms in total. The molecule has 0 radical (unpaired) electrons. The van der Waals surface area contributed by atoms with Crippen LogP contribution in [-0.4, -0.2) is 50.1 Å². The van der Waals surface area contributed by atoms with Crippen LogP contribution in [-0.2, 0) is 4.79 Å². The summed E-state index contributed by atoms with van der Waals surface area (Å²) in [4.78, 5) is 16.4. The van der Waals surface area contributed by atoms with Crippen molar-refractivity contribution in [3.63, 3.8) is 0 Å². The monoisotopic (exact) mass is 498 g/mol. The number of hydrogen-bond donors (Lipinski definition) is 2. The van der Waals surface area contributed by atoms with Crippen molar-refractivity contribution in [1.82, 2.24) is 15.5 Å². The Hall–Kier alpha value is -1.98. The van der Waals surface area contributed by atoms with E-state index in [0.717, 1.165) is 18.0 Å². The first kappa shape index (κ1) is 23.1. The van der Waals surface area contributed by atoms with Gasteiger partial charge in [-0.25, -0.2) is 0 Å². The number of para-hydroxylation sites is 1.